The number of piperazine rings is 1. The van der Waals surface area contributed by atoms with Crippen LogP contribution in [-0.4, -0.2) is 62.9 Å². The van der Waals surface area contributed by atoms with Crippen molar-refractivity contribution in [2.75, 3.05) is 26.2 Å². The van der Waals surface area contributed by atoms with Crippen molar-refractivity contribution in [3.05, 3.63) is 18.2 Å². The van der Waals surface area contributed by atoms with E-state index < -0.39 is 0 Å². The minimum atomic E-state index is -0.252. The molecule has 3 rings (SSSR count). The van der Waals surface area contributed by atoms with Crippen molar-refractivity contribution >= 4 is 11.8 Å². The Morgan fingerprint density at radius 2 is 2.12 bits per heavy atom. The Morgan fingerprint density at radius 3 is 2.71 bits per heavy atom. The molecule has 1 aromatic heterocycles. The molecule has 2 aliphatic heterocycles. The lowest BCUT2D eigenvalue weighted by atomic mass is 10.0. The first-order valence-corrected chi connectivity index (χ1v) is 8.58. The second kappa shape index (κ2) is 6.20. The van der Waals surface area contributed by atoms with Crippen LogP contribution in [0.25, 0.3) is 0 Å². The second-order valence-electron chi connectivity index (χ2n) is 7.72. The Morgan fingerprint density at radius 1 is 1.38 bits per heavy atom. The Balaban J connectivity index is 1.78. The summed E-state index contributed by atoms with van der Waals surface area (Å²) in [5.74, 6) is 0.777. The standard InChI is InChI=1S/C17H27N5O2/c1-17(2,3)22-11-12(9-14(22)23)16(24)21-8-5-18-10-13(21)15-19-6-7-20(15)4/h6-7,12-13,18H,5,8-11H2,1-4H3. The van der Waals surface area contributed by atoms with Gasteiger partial charge in [-0.25, -0.2) is 4.98 Å². The van der Waals surface area contributed by atoms with Crippen LogP contribution in [0.4, 0.5) is 0 Å². The predicted octanol–water partition coefficient (Wildman–Crippen LogP) is 0.540. The minimum Gasteiger partial charge on any atom is -0.337 e. The summed E-state index contributed by atoms with van der Waals surface area (Å²) in [4.78, 5) is 33.6. The first kappa shape index (κ1) is 17.0. The molecule has 2 unspecified atom stereocenters. The van der Waals surface area contributed by atoms with Crippen LogP contribution in [0.1, 0.15) is 39.1 Å². The van der Waals surface area contributed by atoms with Crippen molar-refractivity contribution in [3.8, 4) is 0 Å². The summed E-state index contributed by atoms with van der Waals surface area (Å²) in [6.45, 7) is 8.67. The summed E-state index contributed by atoms with van der Waals surface area (Å²) in [5, 5.41) is 3.34. The summed E-state index contributed by atoms with van der Waals surface area (Å²) < 4.78 is 1.96. The molecule has 0 bridgehead atoms. The second-order valence-corrected chi connectivity index (χ2v) is 7.72. The zero-order chi connectivity index (χ0) is 17.5. The van der Waals surface area contributed by atoms with Crippen molar-refractivity contribution in [1.29, 1.82) is 0 Å². The van der Waals surface area contributed by atoms with Gasteiger partial charge >= 0.3 is 0 Å². The number of nitrogens with one attached hydrogen (secondary N) is 1. The van der Waals surface area contributed by atoms with Crippen LogP contribution in [-0.2, 0) is 16.6 Å². The Bertz CT molecular complexity index is 633. The van der Waals surface area contributed by atoms with Crippen molar-refractivity contribution < 1.29 is 9.59 Å². The fraction of sp³-hybridized carbons (Fsp3) is 0.706. The fourth-order valence-electron chi connectivity index (χ4n) is 3.65. The van der Waals surface area contributed by atoms with Gasteiger partial charge in [-0.2, -0.15) is 0 Å². The van der Waals surface area contributed by atoms with E-state index in [0.29, 0.717) is 26.1 Å². The quantitative estimate of drug-likeness (QED) is 0.858. The third-order valence-electron chi connectivity index (χ3n) is 4.97. The highest BCUT2D eigenvalue weighted by Crippen LogP contribution is 2.30. The Kier molecular flexibility index (Phi) is 4.38. The summed E-state index contributed by atoms with van der Waals surface area (Å²) in [7, 11) is 1.94. The molecule has 3 heterocycles. The van der Waals surface area contributed by atoms with Crippen LogP contribution in [0.3, 0.4) is 0 Å². The molecule has 0 aromatic carbocycles. The molecule has 7 heteroatoms. The van der Waals surface area contributed by atoms with Gasteiger partial charge in [0.1, 0.15) is 11.9 Å². The predicted molar refractivity (Wildman–Crippen MR) is 90.1 cm³/mol. The number of hydrogen-bond donors (Lipinski definition) is 1. The highest BCUT2D eigenvalue weighted by Gasteiger charge is 2.43. The smallest absolute Gasteiger partial charge is 0.228 e. The highest BCUT2D eigenvalue weighted by atomic mass is 16.2. The first-order chi connectivity index (χ1) is 11.3. The molecule has 2 atom stereocenters. The van der Waals surface area contributed by atoms with Gasteiger partial charge < -0.3 is 19.7 Å². The maximum atomic E-state index is 13.1. The van der Waals surface area contributed by atoms with Gasteiger partial charge in [0.05, 0.1) is 5.92 Å². The minimum absolute atomic E-state index is 0.0736. The number of aryl methyl sites for hydroxylation is 1. The number of rotatable bonds is 2. The van der Waals surface area contributed by atoms with Gasteiger partial charge in [-0.15, -0.1) is 0 Å². The topological polar surface area (TPSA) is 70.5 Å². The van der Waals surface area contributed by atoms with E-state index in [2.05, 4.69) is 10.3 Å². The SMILES string of the molecule is Cn1ccnc1C1CNCCN1C(=O)C1CC(=O)N(C(C)(C)C)C1. The van der Waals surface area contributed by atoms with Crippen LogP contribution in [0.5, 0.6) is 0 Å². The molecular weight excluding hydrogens is 306 g/mol. The lowest BCUT2D eigenvalue weighted by Gasteiger charge is -2.37. The van der Waals surface area contributed by atoms with E-state index in [1.807, 2.05) is 48.4 Å². The number of likely N-dealkylation sites (tertiary alicyclic amines) is 1. The molecule has 2 amide bonds. The maximum Gasteiger partial charge on any atom is 0.228 e. The average molecular weight is 333 g/mol. The van der Waals surface area contributed by atoms with Crippen LogP contribution < -0.4 is 5.32 Å². The molecule has 1 N–H and O–H groups in total. The lowest BCUT2D eigenvalue weighted by Crippen LogP contribution is -2.51. The van der Waals surface area contributed by atoms with Crippen LogP contribution in [0.2, 0.25) is 0 Å². The van der Waals surface area contributed by atoms with Crippen molar-refractivity contribution in [2.24, 2.45) is 13.0 Å². The van der Waals surface area contributed by atoms with Crippen LogP contribution in [0.15, 0.2) is 12.4 Å². The molecule has 0 spiro atoms. The van der Waals surface area contributed by atoms with Gasteiger partial charge in [-0.05, 0) is 20.8 Å². The number of carbonyl (C=O) groups is 2. The van der Waals surface area contributed by atoms with E-state index in [-0.39, 0.29) is 29.3 Å². The maximum absolute atomic E-state index is 13.1. The summed E-state index contributed by atoms with van der Waals surface area (Å²) >= 11 is 0. The highest BCUT2D eigenvalue weighted by molar-refractivity contribution is 5.89. The van der Waals surface area contributed by atoms with Crippen molar-refractivity contribution in [1.82, 2.24) is 24.7 Å². The number of carbonyl (C=O) groups excluding carboxylic acids is 2. The third-order valence-corrected chi connectivity index (χ3v) is 4.97. The largest absolute Gasteiger partial charge is 0.337 e. The molecule has 2 aliphatic rings. The zero-order valence-corrected chi connectivity index (χ0v) is 15.0. The number of hydrogen-bond acceptors (Lipinski definition) is 4. The summed E-state index contributed by atoms with van der Waals surface area (Å²) in [6.07, 6.45) is 3.97. The van der Waals surface area contributed by atoms with Gasteiger partial charge in [0, 0.05) is 57.6 Å². The van der Waals surface area contributed by atoms with Crippen LogP contribution in [0, 0.1) is 5.92 Å². The molecule has 0 radical (unpaired) electrons. The summed E-state index contributed by atoms with van der Waals surface area (Å²) in [5.41, 5.74) is -0.241. The van der Waals surface area contributed by atoms with Gasteiger partial charge in [0.2, 0.25) is 11.8 Å². The monoisotopic (exact) mass is 333 g/mol. The van der Waals surface area contributed by atoms with E-state index in [4.69, 9.17) is 0 Å². The first-order valence-electron chi connectivity index (χ1n) is 8.58. The van der Waals surface area contributed by atoms with E-state index in [1.165, 1.54) is 0 Å². The Hall–Kier alpha value is -1.89. The molecular formula is C17H27N5O2. The third kappa shape index (κ3) is 3.05. The van der Waals surface area contributed by atoms with E-state index in [0.717, 1.165) is 12.4 Å². The molecule has 132 valence electrons. The molecule has 2 fully saturated rings. The van der Waals surface area contributed by atoms with Crippen molar-refractivity contribution in [2.45, 2.75) is 38.8 Å². The van der Waals surface area contributed by atoms with Crippen LogP contribution >= 0.6 is 0 Å². The number of aromatic nitrogens is 2. The lowest BCUT2D eigenvalue weighted by molar-refractivity contribution is -0.139. The van der Waals surface area contributed by atoms with E-state index >= 15 is 0 Å². The number of amides is 2. The van der Waals surface area contributed by atoms with E-state index in [9.17, 15) is 9.59 Å². The van der Waals surface area contributed by atoms with E-state index in [1.54, 1.807) is 6.20 Å². The number of nitrogens with zero attached hydrogens (tertiary/aromatic N) is 4. The molecule has 1 aromatic rings. The van der Waals surface area contributed by atoms with Gasteiger partial charge in [0.15, 0.2) is 0 Å². The van der Waals surface area contributed by atoms with Gasteiger partial charge in [-0.1, -0.05) is 0 Å². The van der Waals surface area contributed by atoms with Gasteiger partial charge in [-0.3, -0.25) is 9.59 Å². The molecule has 0 aliphatic carbocycles. The fourth-order valence-corrected chi connectivity index (χ4v) is 3.65. The number of imidazole rings is 1. The molecule has 24 heavy (non-hydrogen) atoms. The molecule has 0 saturated carbocycles. The average Bonchev–Trinajstić information content (AvgIpc) is 3.12. The normalized spacial score (nSPS) is 25.4. The molecule has 2 saturated heterocycles. The molecule has 7 nitrogen and oxygen atoms in total. The Labute approximate surface area is 143 Å². The van der Waals surface area contributed by atoms with Gasteiger partial charge in [0.25, 0.3) is 0 Å². The van der Waals surface area contributed by atoms with Crippen molar-refractivity contribution in [3.63, 3.8) is 0 Å². The zero-order valence-electron chi connectivity index (χ0n) is 15.0. The summed E-state index contributed by atoms with van der Waals surface area (Å²) in [6, 6.07) is -0.0787.